The molecule has 1 aromatic heterocycles. The summed E-state index contributed by atoms with van der Waals surface area (Å²) in [5.74, 6) is -0.0827. The SMILES string of the molecule is COC(=O)C1(C(c2ccc(Br)s2)N(C)C)CC1. The summed E-state index contributed by atoms with van der Waals surface area (Å²) in [5.41, 5.74) is -0.331. The zero-order valence-electron chi connectivity index (χ0n) is 10.2. The zero-order valence-corrected chi connectivity index (χ0v) is 12.6. The first kappa shape index (κ1) is 13.1. The fourth-order valence-corrected chi connectivity index (χ4v) is 4.16. The Bertz CT molecular complexity index is 426. The van der Waals surface area contributed by atoms with Gasteiger partial charge in [0.05, 0.1) is 22.4 Å². The topological polar surface area (TPSA) is 29.5 Å². The van der Waals surface area contributed by atoms with Gasteiger partial charge in [-0.2, -0.15) is 0 Å². The zero-order chi connectivity index (χ0) is 12.6. The standard InChI is InChI=1S/C12H16BrNO2S/c1-14(2)10(8-4-5-9(13)17-8)12(6-7-12)11(15)16-3/h4-5,10H,6-7H2,1-3H3. The first-order chi connectivity index (χ1) is 8.01. The normalized spacial score (nSPS) is 19.1. The summed E-state index contributed by atoms with van der Waals surface area (Å²) >= 11 is 5.16. The predicted octanol–water partition coefficient (Wildman–Crippen LogP) is 3.07. The van der Waals surface area contributed by atoms with Gasteiger partial charge in [-0.05, 0) is 55.0 Å². The molecule has 17 heavy (non-hydrogen) atoms. The molecular weight excluding hydrogens is 302 g/mol. The summed E-state index contributed by atoms with van der Waals surface area (Å²) in [6.45, 7) is 0. The second-order valence-corrected chi connectivity index (χ2v) is 7.15. The summed E-state index contributed by atoms with van der Waals surface area (Å²) < 4.78 is 6.06. The molecule has 0 aromatic carbocycles. The Morgan fingerprint density at radius 2 is 2.18 bits per heavy atom. The molecule has 1 aliphatic rings. The van der Waals surface area contributed by atoms with Crippen molar-refractivity contribution < 1.29 is 9.53 Å². The average Bonchev–Trinajstić information content (AvgIpc) is 2.95. The number of carbonyl (C=O) groups is 1. The molecule has 1 saturated carbocycles. The van der Waals surface area contributed by atoms with Gasteiger partial charge in [-0.15, -0.1) is 11.3 Å². The number of carbonyl (C=O) groups excluding carboxylic acids is 1. The quantitative estimate of drug-likeness (QED) is 0.799. The average molecular weight is 318 g/mol. The van der Waals surface area contributed by atoms with E-state index in [1.807, 2.05) is 20.2 Å². The van der Waals surface area contributed by atoms with Crippen LogP contribution in [0.3, 0.4) is 0 Å². The molecule has 1 atom stereocenters. The number of esters is 1. The van der Waals surface area contributed by atoms with Gasteiger partial charge >= 0.3 is 5.97 Å². The van der Waals surface area contributed by atoms with Crippen molar-refractivity contribution in [1.29, 1.82) is 0 Å². The van der Waals surface area contributed by atoms with E-state index in [2.05, 4.69) is 26.9 Å². The molecule has 1 aromatic rings. The van der Waals surface area contributed by atoms with E-state index >= 15 is 0 Å². The van der Waals surface area contributed by atoms with E-state index in [0.717, 1.165) is 16.6 Å². The van der Waals surface area contributed by atoms with Gasteiger partial charge in [0, 0.05) is 4.88 Å². The van der Waals surface area contributed by atoms with Crippen LogP contribution >= 0.6 is 27.3 Å². The fourth-order valence-electron chi connectivity index (χ4n) is 2.42. The third kappa shape index (κ3) is 2.28. The van der Waals surface area contributed by atoms with Crippen molar-refractivity contribution in [2.45, 2.75) is 18.9 Å². The monoisotopic (exact) mass is 317 g/mol. The Morgan fingerprint density at radius 1 is 1.53 bits per heavy atom. The Hall–Kier alpha value is -0.390. The summed E-state index contributed by atoms with van der Waals surface area (Å²) in [5, 5.41) is 0. The molecule has 0 spiro atoms. The lowest BCUT2D eigenvalue weighted by Gasteiger charge is -2.30. The molecule has 2 rings (SSSR count). The number of methoxy groups -OCH3 is 1. The molecule has 0 saturated heterocycles. The van der Waals surface area contributed by atoms with Crippen LogP contribution in [0.5, 0.6) is 0 Å². The summed E-state index contributed by atoms with van der Waals surface area (Å²) in [7, 11) is 5.50. The van der Waals surface area contributed by atoms with Crippen LogP contribution in [-0.4, -0.2) is 32.1 Å². The van der Waals surface area contributed by atoms with E-state index in [-0.39, 0.29) is 17.4 Å². The van der Waals surface area contributed by atoms with Crippen molar-refractivity contribution in [3.8, 4) is 0 Å². The maximum absolute atomic E-state index is 12.0. The van der Waals surface area contributed by atoms with Crippen molar-refractivity contribution in [1.82, 2.24) is 4.90 Å². The molecular formula is C12H16BrNO2S. The van der Waals surface area contributed by atoms with E-state index in [1.54, 1.807) is 11.3 Å². The van der Waals surface area contributed by atoms with Gasteiger partial charge in [-0.1, -0.05) is 0 Å². The maximum Gasteiger partial charge on any atom is 0.313 e. The molecule has 3 nitrogen and oxygen atoms in total. The third-order valence-corrected chi connectivity index (χ3v) is 4.96. The molecule has 0 bridgehead atoms. The second kappa shape index (κ2) is 4.71. The van der Waals surface area contributed by atoms with E-state index < -0.39 is 0 Å². The van der Waals surface area contributed by atoms with Crippen LogP contribution in [0.2, 0.25) is 0 Å². The van der Waals surface area contributed by atoms with Gasteiger partial charge in [0.15, 0.2) is 0 Å². The van der Waals surface area contributed by atoms with Crippen LogP contribution in [0, 0.1) is 5.41 Å². The summed E-state index contributed by atoms with van der Waals surface area (Å²) in [6.07, 6.45) is 1.83. The van der Waals surface area contributed by atoms with E-state index in [1.165, 1.54) is 12.0 Å². The third-order valence-electron chi connectivity index (χ3n) is 3.28. The van der Waals surface area contributed by atoms with Crippen molar-refractivity contribution >= 4 is 33.2 Å². The number of hydrogen-bond donors (Lipinski definition) is 0. The van der Waals surface area contributed by atoms with E-state index in [9.17, 15) is 4.79 Å². The molecule has 5 heteroatoms. The first-order valence-electron chi connectivity index (χ1n) is 5.51. The molecule has 0 amide bonds. The Morgan fingerprint density at radius 3 is 2.53 bits per heavy atom. The Balaban J connectivity index is 2.34. The number of ether oxygens (including phenoxy) is 1. The summed E-state index contributed by atoms with van der Waals surface area (Å²) in [4.78, 5) is 15.3. The van der Waals surface area contributed by atoms with Gasteiger partial charge in [-0.3, -0.25) is 4.79 Å². The molecule has 0 radical (unpaired) electrons. The molecule has 0 N–H and O–H groups in total. The van der Waals surface area contributed by atoms with Crippen LogP contribution in [0.4, 0.5) is 0 Å². The Labute approximate surface area is 114 Å². The van der Waals surface area contributed by atoms with E-state index in [4.69, 9.17) is 4.74 Å². The maximum atomic E-state index is 12.0. The van der Waals surface area contributed by atoms with Gasteiger partial charge in [-0.25, -0.2) is 0 Å². The van der Waals surface area contributed by atoms with Gasteiger partial charge in [0.2, 0.25) is 0 Å². The molecule has 1 unspecified atom stereocenters. The number of rotatable bonds is 4. The van der Waals surface area contributed by atoms with Gasteiger partial charge < -0.3 is 9.64 Å². The van der Waals surface area contributed by atoms with Crippen LogP contribution in [0.1, 0.15) is 23.8 Å². The highest BCUT2D eigenvalue weighted by molar-refractivity contribution is 9.11. The second-order valence-electron chi connectivity index (χ2n) is 4.66. The predicted molar refractivity (Wildman–Crippen MR) is 72.1 cm³/mol. The van der Waals surface area contributed by atoms with Crippen molar-refractivity contribution in [3.05, 3.63) is 20.8 Å². The number of halogens is 1. The van der Waals surface area contributed by atoms with E-state index in [0.29, 0.717) is 0 Å². The molecule has 0 aliphatic heterocycles. The van der Waals surface area contributed by atoms with Crippen molar-refractivity contribution in [3.63, 3.8) is 0 Å². The largest absolute Gasteiger partial charge is 0.469 e. The Kier molecular flexibility index (Phi) is 3.61. The molecule has 1 aliphatic carbocycles. The number of hydrogen-bond acceptors (Lipinski definition) is 4. The van der Waals surface area contributed by atoms with Crippen LogP contribution in [0.15, 0.2) is 15.9 Å². The highest BCUT2D eigenvalue weighted by atomic mass is 79.9. The van der Waals surface area contributed by atoms with Crippen LogP contribution in [-0.2, 0) is 9.53 Å². The van der Waals surface area contributed by atoms with Crippen LogP contribution < -0.4 is 0 Å². The van der Waals surface area contributed by atoms with Crippen LogP contribution in [0.25, 0.3) is 0 Å². The van der Waals surface area contributed by atoms with Gasteiger partial charge in [0.25, 0.3) is 0 Å². The smallest absolute Gasteiger partial charge is 0.313 e. The lowest BCUT2D eigenvalue weighted by Crippen LogP contribution is -2.34. The number of nitrogens with zero attached hydrogens (tertiary/aromatic N) is 1. The fraction of sp³-hybridized carbons (Fsp3) is 0.583. The minimum Gasteiger partial charge on any atom is -0.469 e. The molecule has 1 heterocycles. The molecule has 94 valence electrons. The molecule has 1 fully saturated rings. The van der Waals surface area contributed by atoms with Crippen molar-refractivity contribution in [2.24, 2.45) is 5.41 Å². The highest BCUT2D eigenvalue weighted by Gasteiger charge is 2.58. The highest BCUT2D eigenvalue weighted by Crippen LogP contribution is 2.58. The lowest BCUT2D eigenvalue weighted by molar-refractivity contribution is -0.149. The number of thiophene rings is 1. The van der Waals surface area contributed by atoms with Crippen molar-refractivity contribution in [2.75, 3.05) is 21.2 Å². The first-order valence-corrected chi connectivity index (χ1v) is 7.12. The minimum atomic E-state index is -0.331. The van der Waals surface area contributed by atoms with Gasteiger partial charge in [0.1, 0.15) is 0 Å². The summed E-state index contributed by atoms with van der Waals surface area (Å²) in [6, 6.07) is 4.23. The minimum absolute atomic E-state index is 0.0827. The lowest BCUT2D eigenvalue weighted by atomic mass is 9.94.